The molecule has 2 aliphatic rings. The van der Waals surface area contributed by atoms with Gasteiger partial charge < -0.3 is 9.47 Å². The SMILES string of the molecule is Cc1nc(COC[C@]23COC[C@H]2CN(Cc2cccnc2)C3)cs1. The first kappa shape index (κ1) is 16.1. The molecule has 0 radical (unpaired) electrons. The minimum absolute atomic E-state index is 0.132. The zero-order valence-electron chi connectivity index (χ0n) is 14.0. The molecule has 4 heterocycles. The molecular formula is C18H23N3O2S. The third kappa shape index (κ3) is 3.37. The molecule has 0 saturated carbocycles. The van der Waals surface area contributed by atoms with Crippen LogP contribution in [0.2, 0.25) is 0 Å². The Bertz CT molecular complexity index is 678. The topological polar surface area (TPSA) is 47.5 Å². The summed E-state index contributed by atoms with van der Waals surface area (Å²) >= 11 is 1.68. The van der Waals surface area contributed by atoms with Crippen molar-refractivity contribution in [3.63, 3.8) is 0 Å². The summed E-state index contributed by atoms with van der Waals surface area (Å²) in [4.78, 5) is 11.2. The van der Waals surface area contributed by atoms with Crippen LogP contribution in [0.25, 0.3) is 0 Å². The van der Waals surface area contributed by atoms with Gasteiger partial charge in [-0.25, -0.2) is 4.98 Å². The standard InChI is InChI=1S/C18H23N3O2S/c1-14-20-17(10-24-14)9-23-13-18-11-21(7-16(18)8-22-12-18)6-15-3-2-4-19-5-15/h2-5,10,16H,6-9,11-13H2,1H3/t16-,18+/m1/s1. The molecule has 2 aromatic heterocycles. The quantitative estimate of drug-likeness (QED) is 0.805. The third-order valence-electron chi connectivity index (χ3n) is 5.03. The van der Waals surface area contributed by atoms with E-state index in [1.165, 1.54) is 5.56 Å². The van der Waals surface area contributed by atoms with Crippen molar-refractivity contribution in [3.8, 4) is 0 Å². The van der Waals surface area contributed by atoms with Crippen LogP contribution in [-0.4, -0.2) is 47.8 Å². The van der Waals surface area contributed by atoms with Crippen LogP contribution in [0, 0.1) is 18.3 Å². The number of hydrogen-bond acceptors (Lipinski definition) is 6. The van der Waals surface area contributed by atoms with Gasteiger partial charge in [0.1, 0.15) is 0 Å². The van der Waals surface area contributed by atoms with E-state index in [1.807, 2.05) is 25.4 Å². The second kappa shape index (κ2) is 6.88. The lowest BCUT2D eigenvalue weighted by atomic mass is 9.82. The molecule has 4 rings (SSSR count). The average molecular weight is 345 g/mol. The Morgan fingerprint density at radius 3 is 3.25 bits per heavy atom. The maximum absolute atomic E-state index is 6.05. The van der Waals surface area contributed by atoms with E-state index in [0.29, 0.717) is 12.5 Å². The average Bonchev–Trinajstić information content (AvgIpc) is 3.23. The molecule has 0 aromatic carbocycles. The monoisotopic (exact) mass is 345 g/mol. The number of thiazole rings is 1. The molecule has 2 fully saturated rings. The molecule has 2 aliphatic heterocycles. The highest BCUT2D eigenvalue weighted by Gasteiger charge is 2.50. The third-order valence-corrected chi connectivity index (χ3v) is 5.85. The van der Waals surface area contributed by atoms with Crippen molar-refractivity contribution < 1.29 is 9.47 Å². The number of hydrogen-bond donors (Lipinski definition) is 0. The van der Waals surface area contributed by atoms with Crippen LogP contribution < -0.4 is 0 Å². The number of ether oxygens (including phenoxy) is 2. The maximum Gasteiger partial charge on any atom is 0.0898 e. The van der Waals surface area contributed by atoms with Gasteiger partial charge in [0, 0.05) is 48.7 Å². The fraction of sp³-hybridized carbons (Fsp3) is 0.556. The van der Waals surface area contributed by atoms with E-state index in [4.69, 9.17) is 9.47 Å². The van der Waals surface area contributed by atoms with Gasteiger partial charge in [-0.05, 0) is 18.6 Å². The second-order valence-electron chi connectivity index (χ2n) is 6.96. The first-order valence-corrected chi connectivity index (χ1v) is 9.29. The van der Waals surface area contributed by atoms with Gasteiger partial charge in [0.05, 0.1) is 37.1 Å². The molecule has 24 heavy (non-hydrogen) atoms. The molecule has 2 saturated heterocycles. The van der Waals surface area contributed by atoms with Crippen molar-refractivity contribution >= 4 is 11.3 Å². The van der Waals surface area contributed by atoms with E-state index >= 15 is 0 Å². The van der Waals surface area contributed by atoms with Gasteiger partial charge in [0.2, 0.25) is 0 Å². The summed E-state index contributed by atoms with van der Waals surface area (Å²) in [7, 11) is 0. The minimum Gasteiger partial charge on any atom is -0.380 e. The molecule has 128 valence electrons. The van der Waals surface area contributed by atoms with Crippen LogP contribution in [0.1, 0.15) is 16.3 Å². The number of likely N-dealkylation sites (tertiary alicyclic amines) is 1. The molecule has 0 bridgehead atoms. The van der Waals surface area contributed by atoms with Gasteiger partial charge in [0.15, 0.2) is 0 Å². The van der Waals surface area contributed by atoms with Gasteiger partial charge in [-0.3, -0.25) is 9.88 Å². The summed E-state index contributed by atoms with van der Waals surface area (Å²) in [5.74, 6) is 0.561. The molecular weight excluding hydrogens is 322 g/mol. The summed E-state index contributed by atoms with van der Waals surface area (Å²) < 4.78 is 11.8. The number of nitrogens with zero attached hydrogens (tertiary/aromatic N) is 3. The summed E-state index contributed by atoms with van der Waals surface area (Å²) in [6, 6.07) is 4.15. The Kier molecular flexibility index (Phi) is 4.63. The number of aromatic nitrogens is 2. The van der Waals surface area contributed by atoms with Crippen LogP contribution in [-0.2, 0) is 22.6 Å². The Morgan fingerprint density at radius 2 is 2.46 bits per heavy atom. The van der Waals surface area contributed by atoms with Crippen LogP contribution >= 0.6 is 11.3 Å². The smallest absolute Gasteiger partial charge is 0.0898 e. The van der Waals surface area contributed by atoms with Gasteiger partial charge >= 0.3 is 0 Å². The fourth-order valence-electron chi connectivity index (χ4n) is 3.85. The summed E-state index contributed by atoms with van der Waals surface area (Å²) in [6.07, 6.45) is 3.78. The molecule has 0 spiro atoms. The molecule has 5 nitrogen and oxygen atoms in total. The first-order valence-electron chi connectivity index (χ1n) is 8.41. The predicted molar refractivity (Wildman–Crippen MR) is 92.8 cm³/mol. The molecule has 2 atom stereocenters. The Balaban J connectivity index is 1.35. The summed E-state index contributed by atoms with van der Waals surface area (Å²) in [5, 5.41) is 3.18. The number of fused-ring (bicyclic) bond motifs is 1. The zero-order valence-corrected chi connectivity index (χ0v) is 14.8. The molecule has 2 aromatic rings. The molecule has 6 heteroatoms. The zero-order chi connectivity index (χ0) is 16.4. The molecule has 0 amide bonds. The molecule has 0 unspecified atom stereocenters. The Labute approximate surface area is 146 Å². The Morgan fingerprint density at radius 1 is 1.50 bits per heavy atom. The number of rotatable bonds is 6. The van der Waals surface area contributed by atoms with Gasteiger partial charge in [-0.2, -0.15) is 0 Å². The van der Waals surface area contributed by atoms with Crippen LogP contribution in [0.15, 0.2) is 29.9 Å². The highest BCUT2D eigenvalue weighted by Crippen LogP contribution is 2.42. The number of pyridine rings is 1. The highest BCUT2D eigenvalue weighted by molar-refractivity contribution is 7.09. The van der Waals surface area contributed by atoms with Crippen molar-refractivity contribution in [2.45, 2.75) is 20.1 Å². The predicted octanol–water partition coefficient (Wildman–Crippen LogP) is 2.51. The molecule has 0 aliphatic carbocycles. The Hall–Kier alpha value is -1.34. The van der Waals surface area contributed by atoms with Gasteiger partial charge in [-0.15, -0.1) is 11.3 Å². The normalized spacial score (nSPS) is 26.8. The van der Waals surface area contributed by atoms with E-state index in [0.717, 1.165) is 50.2 Å². The first-order chi connectivity index (χ1) is 11.7. The van der Waals surface area contributed by atoms with Crippen LogP contribution in [0.4, 0.5) is 0 Å². The van der Waals surface area contributed by atoms with Gasteiger partial charge in [-0.1, -0.05) is 6.07 Å². The van der Waals surface area contributed by atoms with Crippen molar-refractivity contribution in [1.29, 1.82) is 0 Å². The van der Waals surface area contributed by atoms with E-state index < -0.39 is 0 Å². The fourth-order valence-corrected chi connectivity index (χ4v) is 4.45. The van der Waals surface area contributed by atoms with Crippen LogP contribution in [0.3, 0.4) is 0 Å². The van der Waals surface area contributed by atoms with Crippen molar-refractivity contribution in [2.75, 3.05) is 32.9 Å². The summed E-state index contributed by atoms with van der Waals surface area (Å²) in [6.45, 7) is 8.09. The maximum atomic E-state index is 6.05. The van der Waals surface area contributed by atoms with Crippen molar-refractivity contribution in [3.05, 3.63) is 46.2 Å². The lowest BCUT2D eigenvalue weighted by Gasteiger charge is -2.27. The highest BCUT2D eigenvalue weighted by atomic mass is 32.1. The molecule has 0 N–H and O–H groups in total. The van der Waals surface area contributed by atoms with E-state index in [9.17, 15) is 0 Å². The largest absolute Gasteiger partial charge is 0.380 e. The number of aryl methyl sites for hydroxylation is 1. The van der Waals surface area contributed by atoms with E-state index in [-0.39, 0.29) is 5.41 Å². The second-order valence-corrected chi connectivity index (χ2v) is 8.02. The van der Waals surface area contributed by atoms with Crippen molar-refractivity contribution in [2.24, 2.45) is 11.3 Å². The lowest BCUT2D eigenvalue weighted by molar-refractivity contribution is 0.0172. The lowest BCUT2D eigenvalue weighted by Crippen LogP contribution is -2.35. The van der Waals surface area contributed by atoms with E-state index in [2.05, 4.69) is 26.3 Å². The van der Waals surface area contributed by atoms with Crippen molar-refractivity contribution in [1.82, 2.24) is 14.9 Å². The van der Waals surface area contributed by atoms with Gasteiger partial charge in [0.25, 0.3) is 0 Å². The summed E-state index contributed by atoms with van der Waals surface area (Å²) in [5.41, 5.74) is 2.44. The van der Waals surface area contributed by atoms with Crippen LogP contribution in [0.5, 0.6) is 0 Å². The van der Waals surface area contributed by atoms with E-state index in [1.54, 1.807) is 11.3 Å². The minimum atomic E-state index is 0.132.